The van der Waals surface area contributed by atoms with Crippen LogP contribution in [0.3, 0.4) is 0 Å². The number of halogens is 6. The van der Waals surface area contributed by atoms with Gasteiger partial charge in [-0.15, -0.1) is 0 Å². The van der Waals surface area contributed by atoms with Crippen molar-refractivity contribution >= 4 is 29.2 Å². The SMILES string of the molecule is CC(C)Oc1cc2nc(C3CCN(CCC(=O)O)CC3)cn2cc1NC(=O)c1cccc(C(F)(F)F)n1.O=C(O)C(F)(F)F. The molecular formula is C27H29F6N5O6. The number of imidazole rings is 1. The normalized spacial score (nSPS) is 14.7. The molecule has 1 saturated heterocycles. The van der Waals surface area contributed by atoms with Crippen LogP contribution in [-0.2, 0) is 15.8 Å². The second-order valence-electron chi connectivity index (χ2n) is 10.1. The number of carboxylic acid groups (broad SMARTS) is 2. The number of aromatic nitrogens is 3. The van der Waals surface area contributed by atoms with Gasteiger partial charge in [-0.1, -0.05) is 6.07 Å². The van der Waals surface area contributed by atoms with Crippen LogP contribution in [-0.4, -0.2) is 79.2 Å². The standard InChI is InChI=1S/C25H28F3N5O4.C2HF3O2/c1-15(2)37-20-12-22-30-18(16-6-9-32(10-7-16)11-8-23(34)35)13-33(22)14-19(20)31-24(36)17-4-3-5-21(29-17)25(26,27)28;3-2(4,5)1(6)7/h3-5,12-16H,6-11H2,1-2H3,(H,31,36)(H,34,35);(H,6,7). The number of carbonyl (C=O) groups excluding carboxylic acids is 1. The predicted octanol–water partition coefficient (Wildman–Crippen LogP) is 5.08. The van der Waals surface area contributed by atoms with Crippen molar-refractivity contribution in [1.82, 2.24) is 19.3 Å². The molecule has 11 nitrogen and oxygen atoms in total. The lowest BCUT2D eigenvalue weighted by atomic mass is 9.94. The summed E-state index contributed by atoms with van der Waals surface area (Å²) < 4.78 is 78.5. The van der Waals surface area contributed by atoms with E-state index in [1.165, 1.54) is 6.07 Å². The molecule has 4 rings (SSSR count). The van der Waals surface area contributed by atoms with E-state index in [0.717, 1.165) is 43.8 Å². The number of alkyl halides is 6. The third kappa shape index (κ3) is 9.55. The molecule has 17 heteroatoms. The number of likely N-dealkylation sites (tertiary alicyclic amines) is 1. The van der Waals surface area contributed by atoms with E-state index in [0.29, 0.717) is 17.9 Å². The molecule has 0 aliphatic carbocycles. The van der Waals surface area contributed by atoms with Crippen LogP contribution in [0.5, 0.6) is 5.75 Å². The molecule has 1 fully saturated rings. The molecule has 3 N–H and O–H groups in total. The first-order valence-electron chi connectivity index (χ1n) is 13.2. The number of piperidine rings is 1. The Labute approximate surface area is 246 Å². The minimum Gasteiger partial charge on any atom is -0.489 e. The lowest BCUT2D eigenvalue weighted by Gasteiger charge is -2.30. The number of pyridine rings is 2. The Morgan fingerprint density at radius 2 is 1.68 bits per heavy atom. The molecule has 1 aliphatic heterocycles. The van der Waals surface area contributed by atoms with Gasteiger partial charge < -0.3 is 29.6 Å². The number of fused-ring (bicyclic) bond motifs is 1. The second kappa shape index (κ2) is 13.9. The number of anilines is 1. The quantitative estimate of drug-likeness (QED) is 0.289. The minimum absolute atomic E-state index is 0.113. The number of nitrogens with zero attached hydrogens (tertiary/aromatic N) is 4. The van der Waals surface area contributed by atoms with Gasteiger partial charge in [0.1, 0.15) is 28.5 Å². The summed E-state index contributed by atoms with van der Waals surface area (Å²) in [7, 11) is 0. The molecule has 0 saturated carbocycles. The van der Waals surface area contributed by atoms with Gasteiger partial charge in [-0.25, -0.2) is 14.8 Å². The summed E-state index contributed by atoms with van der Waals surface area (Å²) in [5.41, 5.74) is 0.234. The summed E-state index contributed by atoms with van der Waals surface area (Å²) in [5, 5.41) is 18.6. The van der Waals surface area contributed by atoms with Crippen LogP contribution >= 0.6 is 0 Å². The van der Waals surface area contributed by atoms with Gasteiger partial charge >= 0.3 is 24.3 Å². The zero-order valence-corrected chi connectivity index (χ0v) is 23.4. The summed E-state index contributed by atoms with van der Waals surface area (Å²) in [6.07, 6.45) is -4.70. The molecule has 1 aliphatic rings. The number of aliphatic carboxylic acids is 2. The molecular weight excluding hydrogens is 604 g/mol. The number of hydrogen-bond acceptors (Lipinski definition) is 7. The van der Waals surface area contributed by atoms with Crippen LogP contribution < -0.4 is 10.1 Å². The molecule has 3 aromatic rings. The molecule has 240 valence electrons. The molecule has 44 heavy (non-hydrogen) atoms. The van der Waals surface area contributed by atoms with Gasteiger partial charge in [-0.3, -0.25) is 9.59 Å². The molecule has 0 atom stereocenters. The minimum atomic E-state index is -5.08. The molecule has 0 bridgehead atoms. The zero-order valence-electron chi connectivity index (χ0n) is 23.4. The molecule has 3 aromatic heterocycles. The number of carbonyl (C=O) groups is 3. The first-order chi connectivity index (χ1) is 20.4. The highest BCUT2D eigenvalue weighted by molar-refractivity contribution is 6.03. The molecule has 0 spiro atoms. The topological polar surface area (TPSA) is 146 Å². The van der Waals surface area contributed by atoms with Crippen LogP contribution in [0.25, 0.3) is 5.65 Å². The van der Waals surface area contributed by atoms with E-state index in [1.54, 1.807) is 16.7 Å². The van der Waals surface area contributed by atoms with Gasteiger partial charge in [0.05, 0.1) is 18.2 Å². The van der Waals surface area contributed by atoms with Crippen LogP contribution in [0.1, 0.15) is 60.9 Å². The van der Waals surface area contributed by atoms with Crippen LogP contribution in [0.4, 0.5) is 32.0 Å². The largest absolute Gasteiger partial charge is 0.490 e. The Morgan fingerprint density at radius 3 is 2.23 bits per heavy atom. The van der Waals surface area contributed by atoms with Gasteiger partial charge in [0.2, 0.25) is 0 Å². The Hall–Kier alpha value is -4.41. The highest BCUT2D eigenvalue weighted by atomic mass is 19.4. The smallest absolute Gasteiger partial charge is 0.489 e. The van der Waals surface area contributed by atoms with Crippen molar-refractivity contribution in [3.63, 3.8) is 0 Å². The number of rotatable bonds is 8. The number of carboxylic acids is 2. The Balaban J connectivity index is 0.000000676. The lowest BCUT2D eigenvalue weighted by molar-refractivity contribution is -0.192. The van der Waals surface area contributed by atoms with Crippen molar-refractivity contribution in [3.05, 3.63) is 53.7 Å². The van der Waals surface area contributed by atoms with Gasteiger partial charge in [0, 0.05) is 30.9 Å². The van der Waals surface area contributed by atoms with Gasteiger partial charge in [-0.2, -0.15) is 26.3 Å². The Kier molecular flexibility index (Phi) is 10.8. The highest BCUT2D eigenvalue weighted by Crippen LogP contribution is 2.32. The molecule has 0 unspecified atom stereocenters. The van der Waals surface area contributed by atoms with E-state index in [9.17, 15) is 35.9 Å². The molecule has 0 radical (unpaired) electrons. The van der Waals surface area contributed by atoms with Crippen molar-refractivity contribution in [2.24, 2.45) is 0 Å². The fourth-order valence-electron chi connectivity index (χ4n) is 4.29. The van der Waals surface area contributed by atoms with Crippen molar-refractivity contribution in [2.75, 3.05) is 25.0 Å². The maximum atomic E-state index is 13.0. The summed E-state index contributed by atoms with van der Waals surface area (Å²) in [4.78, 5) is 42.8. The zero-order chi connectivity index (χ0) is 32.8. The summed E-state index contributed by atoms with van der Waals surface area (Å²) in [6.45, 7) is 5.71. The van der Waals surface area contributed by atoms with Crippen molar-refractivity contribution in [3.8, 4) is 5.75 Å². The van der Waals surface area contributed by atoms with Gasteiger partial charge in [0.25, 0.3) is 5.91 Å². The number of hydrogen-bond donors (Lipinski definition) is 3. The summed E-state index contributed by atoms with van der Waals surface area (Å²) in [5.74, 6) is -3.83. The maximum absolute atomic E-state index is 13.0. The Bertz CT molecular complexity index is 1480. The highest BCUT2D eigenvalue weighted by Gasteiger charge is 2.38. The summed E-state index contributed by atoms with van der Waals surface area (Å²) in [6, 6.07) is 4.83. The van der Waals surface area contributed by atoms with E-state index in [1.807, 2.05) is 20.0 Å². The van der Waals surface area contributed by atoms with Crippen molar-refractivity contribution in [1.29, 1.82) is 0 Å². The van der Waals surface area contributed by atoms with E-state index in [2.05, 4.69) is 15.2 Å². The van der Waals surface area contributed by atoms with Gasteiger partial charge in [0.15, 0.2) is 0 Å². The van der Waals surface area contributed by atoms with E-state index in [4.69, 9.17) is 24.7 Å². The fourth-order valence-corrected chi connectivity index (χ4v) is 4.29. The third-order valence-corrected chi connectivity index (χ3v) is 6.35. The van der Waals surface area contributed by atoms with E-state index >= 15 is 0 Å². The predicted molar refractivity (Wildman–Crippen MR) is 143 cm³/mol. The maximum Gasteiger partial charge on any atom is 0.490 e. The molecule has 0 aromatic carbocycles. The van der Waals surface area contributed by atoms with Crippen molar-refractivity contribution in [2.45, 2.75) is 57.5 Å². The Morgan fingerprint density at radius 1 is 1.05 bits per heavy atom. The average molecular weight is 634 g/mol. The first-order valence-corrected chi connectivity index (χ1v) is 13.2. The monoisotopic (exact) mass is 633 g/mol. The first kappa shape index (κ1) is 34.1. The third-order valence-electron chi connectivity index (χ3n) is 6.35. The van der Waals surface area contributed by atoms with Crippen LogP contribution in [0.15, 0.2) is 36.7 Å². The van der Waals surface area contributed by atoms with Crippen molar-refractivity contribution < 1.29 is 55.7 Å². The average Bonchev–Trinajstić information content (AvgIpc) is 3.34. The molecule has 1 amide bonds. The number of amides is 1. The van der Waals surface area contributed by atoms with E-state index in [-0.39, 0.29) is 29.8 Å². The summed E-state index contributed by atoms with van der Waals surface area (Å²) >= 11 is 0. The van der Waals surface area contributed by atoms with Crippen LogP contribution in [0, 0.1) is 0 Å². The second-order valence-corrected chi connectivity index (χ2v) is 10.1. The number of nitrogens with one attached hydrogen (secondary N) is 1. The fraction of sp³-hybridized carbons (Fsp3) is 0.444. The number of ether oxygens (including phenoxy) is 1. The van der Waals surface area contributed by atoms with Gasteiger partial charge in [-0.05, 0) is 51.9 Å². The molecule has 4 heterocycles. The lowest BCUT2D eigenvalue weighted by Crippen LogP contribution is -2.34. The van der Waals surface area contributed by atoms with Crippen LogP contribution in [0.2, 0.25) is 0 Å². The van der Waals surface area contributed by atoms with E-state index < -0.39 is 35.9 Å².